The van der Waals surface area contributed by atoms with Crippen LogP contribution < -0.4 is 0 Å². The Hall–Kier alpha value is -0.162. The zero-order chi connectivity index (χ0) is 6.69. The Morgan fingerprint density at radius 1 is 1.78 bits per heavy atom. The van der Waals surface area contributed by atoms with Crippen LogP contribution in [0.15, 0.2) is 22.2 Å². The summed E-state index contributed by atoms with van der Waals surface area (Å²) in [4.78, 5) is 10.3. The Kier molecular flexibility index (Phi) is 2.41. The monoisotopic (exact) mass is 304 g/mol. The second-order valence-electron chi connectivity index (χ2n) is 1.71. The summed E-state index contributed by atoms with van der Waals surface area (Å²) >= 11 is -1.28. The van der Waals surface area contributed by atoms with Crippen LogP contribution in [0.5, 0.6) is 0 Å². The standard InChI is InChI=1S/C5H5.CHO.CH3.Pt/c1-2-4-5-3-1;1-2;;/h1-3H,4H2;1H;1H3;. The van der Waals surface area contributed by atoms with Crippen LogP contribution in [0, 0.1) is 0 Å². The van der Waals surface area contributed by atoms with E-state index in [-0.39, 0.29) is 0 Å². The van der Waals surface area contributed by atoms with Gasteiger partial charge in [0.1, 0.15) is 0 Å². The van der Waals surface area contributed by atoms with E-state index >= 15 is 0 Å². The third-order valence-electron chi connectivity index (χ3n) is 1.14. The second-order valence-corrected chi connectivity index (χ2v) is 6.81. The minimum absolute atomic E-state index is 1.03. The topological polar surface area (TPSA) is 17.1 Å². The van der Waals surface area contributed by atoms with Crippen LogP contribution in [0.1, 0.15) is 6.42 Å². The van der Waals surface area contributed by atoms with E-state index in [2.05, 4.69) is 17.5 Å². The van der Waals surface area contributed by atoms with Gasteiger partial charge in [0, 0.05) is 0 Å². The van der Waals surface area contributed by atoms with Crippen molar-refractivity contribution in [1.82, 2.24) is 0 Å². The number of hydrogen-bond acceptors (Lipinski definition) is 1. The summed E-state index contributed by atoms with van der Waals surface area (Å²) in [6, 6.07) is 0. The van der Waals surface area contributed by atoms with Gasteiger partial charge in [-0.3, -0.25) is 0 Å². The summed E-state index contributed by atoms with van der Waals surface area (Å²) in [7, 11) is 0. The first-order valence-corrected chi connectivity index (χ1v) is 7.33. The fraction of sp³-hybridized carbons (Fsp3) is 0.286. The summed E-state index contributed by atoms with van der Waals surface area (Å²) in [5, 5.41) is 2.08. The van der Waals surface area contributed by atoms with Crippen LogP contribution in [-0.4, -0.2) is 4.68 Å². The molecule has 0 heterocycles. The number of allylic oxidation sites excluding steroid dienone is 4. The van der Waals surface area contributed by atoms with Crippen molar-refractivity contribution in [2.45, 2.75) is 11.7 Å². The molecule has 0 N–H and O–H groups in total. The van der Waals surface area contributed by atoms with Gasteiger partial charge in [0.2, 0.25) is 0 Å². The summed E-state index contributed by atoms with van der Waals surface area (Å²) in [6.45, 7) is 0. The van der Waals surface area contributed by atoms with Crippen molar-refractivity contribution >= 4 is 4.68 Å². The molecule has 0 spiro atoms. The first-order chi connectivity index (χ1) is 4.34. The normalized spacial score (nSPS) is 17.4. The first kappa shape index (κ1) is 6.95. The van der Waals surface area contributed by atoms with E-state index in [1.54, 1.807) is 0 Å². The molecule has 1 rings (SSSR count). The summed E-state index contributed by atoms with van der Waals surface area (Å²) < 4.78 is 2.53. The minimum atomic E-state index is -1.28. The first-order valence-electron chi connectivity index (χ1n) is 2.61. The van der Waals surface area contributed by atoms with E-state index in [4.69, 9.17) is 0 Å². The quantitative estimate of drug-likeness (QED) is 0.710. The molecular weight excluding hydrogens is 295 g/mol. The summed E-state index contributed by atoms with van der Waals surface area (Å²) in [5.74, 6) is 0. The van der Waals surface area contributed by atoms with Gasteiger partial charge in [-0.1, -0.05) is 0 Å². The third-order valence-corrected chi connectivity index (χ3v) is 5.08. The van der Waals surface area contributed by atoms with Crippen molar-refractivity contribution in [3.63, 3.8) is 0 Å². The van der Waals surface area contributed by atoms with Gasteiger partial charge in [-0.2, -0.15) is 0 Å². The Morgan fingerprint density at radius 2 is 2.56 bits per heavy atom. The number of rotatable bonds is 2. The molecule has 0 saturated heterocycles. The molecule has 0 fully saturated rings. The van der Waals surface area contributed by atoms with Crippen LogP contribution in [0.2, 0.25) is 5.31 Å². The Labute approximate surface area is 61.0 Å². The van der Waals surface area contributed by atoms with Crippen molar-refractivity contribution in [2.75, 3.05) is 0 Å². The number of carbonyl (C=O) groups is 1. The van der Waals surface area contributed by atoms with E-state index in [1.807, 2.05) is 6.08 Å². The van der Waals surface area contributed by atoms with E-state index in [0.29, 0.717) is 0 Å². The van der Waals surface area contributed by atoms with Crippen molar-refractivity contribution in [3.8, 4) is 0 Å². The van der Waals surface area contributed by atoms with Gasteiger partial charge in [0.05, 0.1) is 0 Å². The molecule has 0 aromatic heterocycles. The van der Waals surface area contributed by atoms with Crippen LogP contribution in [0.4, 0.5) is 0 Å². The molecule has 0 saturated carbocycles. The maximum absolute atomic E-state index is 10.3. The number of hydrogen-bond donors (Lipinski definition) is 0. The van der Waals surface area contributed by atoms with E-state index in [9.17, 15) is 4.79 Å². The van der Waals surface area contributed by atoms with Gasteiger partial charge >= 0.3 is 60.7 Å². The fourth-order valence-corrected chi connectivity index (χ4v) is 2.80. The van der Waals surface area contributed by atoms with E-state index in [0.717, 1.165) is 11.1 Å². The summed E-state index contributed by atoms with van der Waals surface area (Å²) in [5.41, 5.74) is 0. The van der Waals surface area contributed by atoms with Gasteiger partial charge in [-0.05, 0) is 0 Å². The molecule has 0 unspecified atom stereocenters. The zero-order valence-electron chi connectivity index (χ0n) is 5.24. The zero-order valence-corrected chi connectivity index (χ0v) is 7.51. The van der Waals surface area contributed by atoms with Gasteiger partial charge in [0.15, 0.2) is 0 Å². The molecule has 2 heteroatoms. The molecule has 1 aliphatic rings. The van der Waals surface area contributed by atoms with Crippen molar-refractivity contribution < 1.29 is 22.1 Å². The summed E-state index contributed by atoms with van der Waals surface area (Å²) in [6.07, 6.45) is 7.25. The molecule has 9 heavy (non-hydrogen) atoms. The van der Waals surface area contributed by atoms with Crippen LogP contribution in [-0.2, 0) is 22.1 Å². The molecule has 0 bridgehead atoms. The van der Waals surface area contributed by atoms with Crippen LogP contribution in [0.25, 0.3) is 0 Å². The molecular formula is C7H9OPt. The third kappa shape index (κ3) is 1.62. The molecule has 0 aromatic rings. The Morgan fingerprint density at radius 3 is 3.00 bits per heavy atom. The molecule has 0 radical (unpaired) electrons. The van der Waals surface area contributed by atoms with Gasteiger partial charge in [-0.25, -0.2) is 0 Å². The van der Waals surface area contributed by atoms with Gasteiger partial charge in [0.25, 0.3) is 0 Å². The van der Waals surface area contributed by atoms with Crippen molar-refractivity contribution in [2.24, 2.45) is 0 Å². The van der Waals surface area contributed by atoms with Gasteiger partial charge < -0.3 is 0 Å². The second kappa shape index (κ2) is 3.12. The number of carbonyl (C=O) groups excluding carboxylic acids is 1. The average molecular weight is 304 g/mol. The molecule has 0 aromatic carbocycles. The molecule has 0 aliphatic heterocycles. The SMILES string of the molecule is [CH3][Pt]([CH]=O)[C]1=CC=CC1. The predicted octanol–water partition coefficient (Wildman–Crippen LogP) is 1.69. The van der Waals surface area contributed by atoms with Crippen LogP contribution >= 0.6 is 0 Å². The Bertz CT molecular complexity index is 170. The predicted molar refractivity (Wildman–Crippen MR) is 34.5 cm³/mol. The molecule has 0 amide bonds. The average Bonchev–Trinajstić information content (AvgIpc) is 2.37. The van der Waals surface area contributed by atoms with E-state index in [1.165, 1.54) is 3.96 Å². The molecule has 1 aliphatic carbocycles. The molecule has 53 valence electrons. The molecule has 0 atom stereocenters. The van der Waals surface area contributed by atoms with E-state index < -0.39 is 17.3 Å². The fourth-order valence-electron chi connectivity index (χ4n) is 0.641. The Balaban J connectivity index is 2.54. The van der Waals surface area contributed by atoms with Crippen molar-refractivity contribution in [3.05, 3.63) is 22.2 Å². The van der Waals surface area contributed by atoms with Crippen molar-refractivity contribution in [1.29, 1.82) is 0 Å². The molecule has 1 nitrogen and oxygen atoms in total. The van der Waals surface area contributed by atoms with Gasteiger partial charge in [-0.15, -0.1) is 0 Å². The maximum atomic E-state index is 10.3. The van der Waals surface area contributed by atoms with Crippen LogP contribution in [0.3, 0.4) is 0 Å².